The van der Waals surface area contributed by atoms with Gasteiger partial charge in [-0.3, -0.25) is 0 Å². The summed E-state index contributed by atoms with van der Waals surface area (Å²) in [5, 5.41) is 10.3. The van der Waals surface area contributed by atoms with Gasteiger partial charge in [-0.2, -0.15) is 0 Å². The Morgan fingerprint density at radius 1 is 1.45 bits per heavy atom. The van der Waals surface area contributed by atoms with E-state index in [9.17, 15) is 9.90 Å². The second-order valence-electron chi connectivity index (χ2n) is 5.13. The second-order valence-corrected chi connectivity index (χ2v) is 5.95. The minimum atomic E-state index is -0.847. The van der Waals surface area contributed by atoms with E-state index in [-0.39, 0.29) is 0 Å². The molecule has 0 bridgehead atoms. The lowest BCUT2D eigenvalue weighted by atomic mass is 10.2. The molecule has 0 spiro atoms. The zero-order chi connectivity index (χ0) is 14.4. The Labute approximate surface area is 126 Å². The van der Waals surface area contributed by atoms with Gasteiger partial charge >= 0.3 is 5.97 Å². The first-order valence-electron chi connectivity index (χ1n) is 6.62. The molecule has 1 saturated carbocycles. The lowest BCUT2D eigenvalue weighted by Gasteiger charge is -2.16. The molecular formula is C14H14Cl2N2O2. The number of halogens is 2. The number of carboxylic acid groups (broad SMARTS) is 1. The van der Waals surface area contributed by atoms with Crippen molar-refractivity contribution in [1.29, 1.82) is 0 Å². The molecule has 1 aliphatic carbocycles. The van der Waals surface area contributed by atoms with Crippen LogP contribution in [0.2, 0.25) is 10.0 Å². The van der Waals surface area contributed by atoms with Crippen LogP contribution in [0.15, 0.2) is 12.1 Å². The van der Waals surface area contributed by atoms with Gasteiger partial charge in [-0.05, 0) is 31.4 Å². The Kier molecular flexibility index (Phi) is 3.38. The van der Waals surface area contributed by atoms with Crippen LogP contribution in [0.5, 0.6) is 0 Å². The molecule has 1 aromatic heterocycles. The number of hydrogen-bond donors (Lipinski definition) is 1. The van der Waals surface area contributed by atoms with Crippen molar-refractivity contribution < 1.29 is 9.90 Å². The quantitative estimate of drug-likeness (QED) is 0.917. The highest BCUT2D eigenvalue weighted by Crippen LogP contribution is 2.43. The first-order chi connectivity index (χ1) is 9.52. The molecule has 3 rings (SSSR count). The number of nitrogens with zero attached hydrogens (tertiary/aromatic N) is 2. The van der Waals surface area contributed by atoms with Crippen molar-refractivity contribution in [2.45, 2.75) is 38.1 Å². The summed E-state index contributed by atoms with van der Waals surface area (Å²) in [4.78, 5) is 16.1. The first kappa shape index (κ1) is 13.7. The third kappa shape index (κ3) is 2.17. The van der Waals surface area contributed by atoms with Gasteiger partial charge in [-0.15, -0.1) is 0 Å². The molecule has 0 aliphatic heterocycles. The number of benzene rings is 1. The van der Waals surface area contributed by atoms with Gasteiger partial charge in [0.25, 0.3) is 0 Å². The predicted octanol–water partition coefficient (Wildman–Crippen LogP) is 4.26. The zero-order valence-electron chi connectivity index (χ0n) is 10.9. The molecule has 1 fully saturated rings. The van der Waals surface area contributed by atoms with Crippen LogP contribution < -0.4 is 0 Å². The minimum absolute atomic E-state index is 0.355. The van der Waals surface area contributed by atoms with Gasteiger partial charge in [0.1, 0.15) is 11.9 Å². The van der Waals surface area contributed by atoms with E-state index >= 15 is 0 Å². The van der Waals surface area contributed by atoms with Gasteiger partial charge in [-0.25, -0.2) is 9.78 Å². The summed E-state index contributed by atoms with van der Waals surface area (Å²) in [6.07, 6.45) is 2.61. The summed E-state index contributed by atoms with van der Waals surface area (Å²) < 4.78 is 1.82. The fraction of sp³-hybridized carbons (Fsp3) is 0.429. The van der Waals surface area contributed by atoms with E-state index in [1.54, 1.807) is 12.1 Å². The Balaban J connectivity index is 2.28. The van der Waals surface area contributed by atoms with Crippen LogP contribution in [-0.4, -0.2) is 20.6 Å². The molecule has 0 amide bonds. The van der Waals surface area contributed by atoms with E-state index in [0.717, 1.165) is 24.2 Å². The van der Waals surface area contributed by atoms with Crippen LogP contribution in [0.1, 0.15) is 44.0 Å². The van der Waals surface area contributed by atoms with Crippen LogP contribution in [0, 0.1) is 0 Å². The number of hydrogen-bond acceptors (Lipinski definition) is 2. The van der Waals surface area contributed by atoms with Crippen LogP contribution in [0.3, 0.4) is 0 Å². The topological polar surface area (TPSA) is 55.1 Å². The molecule has 20 heavy (non-hydrogen) atoms. The fourth-order valence-corrected chi connectivity index (χ4v) is 2.85. The van der Waals surface area contributed by atoms with E-state index in [1.807, 2.05) is 11.5 Å². The molecule has 6 heteroatoms. The summed E-state index contributed by atoms with van der Waals surface area (Å²) >= 11 is 12.1. The number of fused-ring (bicyclic) bond motifs is 1. The molecule has 0 radical (unpaired) electrons. The van der Waals surface area contributed by atoms with Crippen molar-refractivity contribution in [1.82, 2.24) is 9.55 Å². The molecule has 1 N–H and O–H groups in total. The number of carbonyl (C=O) groups is 1. The molecule has 4 nitrogen and oxygen atoms in total. The fourth-order valence-electron chi connectivity index (χ4n) is 2.53. The first-order valence-corrected chi connectivity index (χ1v) is 7.38. The van der Waals surface area contributed by atoms with Gasteiger partial charge in [0.15, 0.2) is 0 Å². The Bertz CT molecular complexity index is 692. The molecule has 0 saturated heterocycles. The highest BCUT2D eigenvalue weighted by molar-refractivity contribution is 6.42. The molecule has 1 atom stereocenters. The minimum Gasteiger partial charge on any atom is -0.480 e. The van der Waals surface area contributed by atoms with E-state index in [2.05, 4.69) is 4.98 Å². The highest BCUT2D eigenvalue weighted by atomic mass is 35.5. The lowest BCUT2D eigenvalue weighted by molar-refractivity contribution is -0.140. The SMILES string of the molecule is CCC(C(=O)O)n1c(C2CC2)nc2cc(Cl)c(Cl)cc21. The van der Waals surface area contributed by atoms with Gasteiger partial charge in [0.2, 0.25) is 0 Å². The van der Waals surface area contributed by atoms with Crippen molar-refractivity contribution in [2.24, 2.45) is 0 Å². The summed E-state index contributed by atoms with van der Waals surface area (Å²) in [6, 6.07) is 2.80. The number of rotatable bonds is 4. The van der Waals surface area contributed by atoms with Crippen LogP contribution >= 0.6 is 23.2 Å². The maximum atomic E-state index is 11.5. The maximum Gasteiger partial charge on any atom is 0.326 e. The van der Waals surface area contributed by atoms with Crippen molar-refractivity contribution in [3.05, 3.63) is 28.0 Å². The maximum absolute atomic E-state index is 11.5. The van der Waals surface area contributed by atoms with E-state index in [1.165, 1.54) is 0 Å². The van der Waals surface area contributed by atoms with E-state index in [4.69, 9.17) is 23.2 Å². The molecule has 1 aromatic carbocycles. The number of aromatic nitrogens is 2. The average molecular weight is 313 g/mol. The molecule has 1 aliphatic rings. The zero-order valence-corrected chi connectivity index (χ0v) is 12.4. The highest BCUT2D eigenvalue weighted by Gasteiger charge is 2.33. The standard InChI is InChI=1S/C14H14Cl2N2O2/c1-2-11(14(19)20)18-12-6-9(16)8(15)5-10(12)17-13(18)7-3-4-7/h5-7,11H,2-4H2,1H3,(H,19,20). The third-order valence-electron chi connectivity index (χ3n) is 3.68. The van der Waals surface area contributed by atoms with E-state index < -0.39 is 12.0 Å². The van der Waals surface area contributed by atoms with Crippen molar-refractivity contribution in [3.8, 4) is 0 Å². The van der Waals surface area contributed by atoms with Crippen molar-refractivity contribution in [3.63, 3.8) is 0 Å². The Morgan fingerprint density at radius 3 is 2.65 bits per heavy atom. The average Bonchev–Trinajstić information content (AvgIpc) is 3.17. The van der Waals surface area contributed by atoms with Crippen LogP contribution in [0.4, 0.5) is 0 Å². The van der Waals surface area contributed by atoms with Crippen LogP contribution in [0.25, 0.3) is 11.0 Å². The van der Waals surface area contributed by atoms with Crippen molar-refractivity contribution >= 4 is 40.2 Å². The summed E-state index contributed by atoms with van der Waals surface area (Å²) in [7, 11) is 0. The Hall–Kier alpha value is -1.26. The second kappa shape index (κ2) is 4.93. The van der Waals surface area contributed by atoms with Gasteiger partial charge in [0.05, 0.1) is 21.1 Å². The van der Waals surface area contributed by atoms with Crippen molar-refractivity contribution in [2.75, 3.05) is 0 Å². The largest absolute Gasteiger partial charge is 0.480 e. The lowest BCUT2D eigenvalue weighted by Crippen LogP contribution is -2.20. The number of imidazole rings is 1. The molecular weight excluding hydrogens is 299 g/mol. The van der Waals surface area contributed by atoms with Gasteiger partial charge < -0.3 is 9.67 Å². The monoisotopic (exact) mass is 312 g/mol. The predicted molar refractivity (Wildman–Crippen MR) is 78.7 cm³/mol. The number of aliphatic carboxylic acids is 1. The molecule has 1 heterocycles. The summed E-state index contributed by atoms with van der Waals surface area (Å²) in [5.41, 5.74) is 1.46. The summed E-state index contributed by atoms with van der Waals surface area (Å²) in [5.74, 6) is 0.348. The summed E-state index contributed by atoms with van der Waals surface area (Å²) in [6.45, 7) is 1.86. The van der Waals surface area contributed by atoms with Crippen LogP contribution in [-0.2, 0) is 4.79 Å². The molecule has 106 valence electrons. The Morgan fingerprint density at radius 2 is 2.10 bits per heavy atom. The van der Waals surface area contributed by atoms with E-state index in [0.29, 0.717) is 27.9 Å². The normalized spacial score (nSPS) is 16.6. The smallest absolute Gasteiger partial charge is 0.326 e. The number of carboxylic acids is 1. The molecule has 2 aromatic rings. The third-order valence-corrected chi connectivity index (χ3v) is 4.41. The van der Waals surface area contributed by atoms with Gasteiger partial charge in [-0.1, -0.05) is 30.1 Å². The van der Waals surface area contributed by atoms with Gasteiger partial charge in [0, 0.05) is 5.92 Å². The molecule has 1 unspecified atom stereocenters.